The van der Waals surface area contributed by atoms with Gasteiger partial charge in [-0.3, -0.25) is 9.36 Å². The van der Waals surface area contributed by atoms with Gasteiger partial charge in [-0.2, -0.15) is 0 Å². The van der Waals surface area contributed by atoms with Gasteiger partial charge in [-0.15, -0.1) is 0 Å². The molecule has 0 atom stereocenters. The van der Waals surface area contributed by atoms with E-state index in [2.05, 4.69) is 20.9 Å². The molecule has 0 aliphatic carbocycles. The Hall–Kier alpha value is -1.62. The minimum Gasteiger partial charge on any atom is -0.508 e. The summed E-state index contributed by atoms with van der Waals surface area (Å²) in [5.41, 5.74) is 2.07. The number of rotatable bonds is 1. The van der Waals surface area contributed by atoms with Gasteiger partial charge in [0, 0.05) is 18.0 Å². The molecule has 2 aromatic heterocycles. The molecular weight excluding hydrogens is 284 g/mol. The number of hydrogen-bond donors (Lipinski definition) is 1. The van der Waals surface area contributed by atoms with E-state index in [4.69, 9.17) is 0 Å². The van der Waals surface area contributed by atoms with Crippen LogP contribution >= 0.6 is 15.9 Å². The van der Waals surface area contributed by atoms with E-state index >= 15 is 0 Å². The van der Waals surface area contributed by atoms with Crippen LogP contribution in [0, 0.1) is 13.8 Å². The van der Waals surface area contributed by atoms with Gasteiger partial charge >= 0.3 is 0 Å². The molecule has 0 bridgehead atoms. The highest BCUT2D eigenvalue weighted by Gasteiger charge is 2.08. The summed E-state index contributed by atoms with van der Waals surface area (Å²) in [4.78, 5) is 16.0. The largest absolute Gasteiger partial charge is 0.508 e. The van der Waals surface area contributed by atoms with E-state index in [1.165, 1.54) is 6.07 Å². The Morgan fingerprint density at radius 1 is 1.29 bits per heavy atom. The molecule has 2 aromatic rings. The minimum atomic E-state index is -0.260. The Balaban J connectivity index is 2.77. The van der Waals surface area contributed by atoms with Gasteiger partial charge in [0.15, 0.2) is 0 Å². The van der Waals surface area contributed by atoms with Crippen LogP contribution in [0.15, 0.2) is 33.8 Å². The maximum Gasteiger partial charge on any atom is 0.258 e. The van der Waals surface area contributed by atoms with E-state index in [0.29, 0.717) is 10.3 Å². The average molecular weight is 295 g/mol. The Kier molecular flexibility index (Phi) is 3.02. The topological polar surface area (TPSA) is 55.1 Å². The highest BCUT2D eigenvalue weighted by molar-refractivity contribution is 9.10. The van der Waals surface area contributed by atoms with E-state index < -0.39 is 0 Å². The van der Waals surface area contributed by atoms with Crippen LogP contribution in [-0.2, 0) is 0 Å². The van der Waals surface area contributed by atoms with Gasteiger partial charge in [0.1, 0.15) is 10.4 Å². The molecule has 88 valence electrons. The quantitative estimate of drug-likeness (QED) is 0.821. The van der Waals surface area contributed by atoms with E-state index in [1.807, 2.05) is 6.92 Å². The van der Waals surface area contributed by atoms with Crippen molar-refractivity contribution in [2.75, 3.05) is 0 Å². The van der Waals surface area contributed by atoms with Crippen molar-refractivity contribution < 1.29 is 5.11 Å². The summed E-state index contributed by atoms with van der Waals surface area (Å²) in [7, 11) is 0. The lowest BCUT2D eigenvalue weighted by Crippen LogP contribution is -2.20. The SMILES string of the molecule is Cc1cnc(Br)cc1-n1c(C)cc(O)cc1=O. The molecule has 0 aromatic carbocycles. The van der Waals surface area contributed by atoms with Crippen LogP contribution in [-0.4, -0.2) is 14.7 Å². The summed E-state index contributed by atoms with van der Waals surface area (Å²) in [6, 6.07) is 4.52. The second kappa shape index (κ2) is 4.33. The van der Waals surface area contributed by atoms with Crippen LogP contribution in [0.4, 0.5) is 0 Å². The molecule has 0 amide bonds. The summed E-state index contributed by atoms with van der Waals surface area (Å²) < 4.78 is 2.21. The average Bonchev–Trinajstić information content (AvgIpc) is 2.21. The standard InChI is InChI=1S/C12H11BrN2O2/c1-7-6-14-11(13)5-10(7)15-8(2)3-9(16)4-12(15)17/h3-6,16H,1-2H3. The summed E-state index contributed by atoms with van der Waals surface area (Å²) in [5, 5.41) is 9.35. The smallest absolute Gasteiger partial charge is 0.258 e. The third kappa shape index (κ3) is 2.24. The summed E-state index contributed by atoms with van der Waals surface area (Å²) in [6.07, 6.45) is 1.69. The van der Waals surface area contributed by atoms with E-state index in [0.717, 1.165) is 11.3 Å². The maximum atomic E-state index is 11.9. The predicted molar refractivity (Wildman–Crippen MR) is 68.7 cm³/mol. The molecule has 0 radical (unpaired) electrons. The van der Waals surface area contributed by atoms with Gasteiger partial charge in [-0.25, -0.2) is 4.98 Å². The van der Waals surface area contributed by atoms with Crippen LogP contribution in [0.5, 0.6) is 5.75 Å². The first-order valence-electron chi connectivity index (χ1n) is 5.04. The summed E-state index contributed by atoms with van der Waals surface area (Å²) in [6.45, 7) is 3.66. The molecule has 4 nitrogen and oxygen atoms in total. The van der Waals surface area contributed by atoms with Crippen molar-refractivity contribution in [3.8, 4) is 11.4 Å². The second-order valence-electron chi connectivity index (χ2n) is 3.82. The van der Waals surface area contributed by atoms with Gasteiger partial charge in [-0.05, 0) is 47.5 Å². The number of halogens is 1. The zero-order chi connectivity index (χ0) is 12.6. The third-order valence-corrected chi connectivity index (χ3v) is 2.92. The fourth-order valence-corrected chi connectivity index (χ4v) is 2.04. The molecule has 0 spiro atoms. The van der Waals surface area contributed by atoms with Gasteiger partial charge in [0.2, 0.25) is 0 Å². The molecule has 0 aliphatic rings. The molecule has 0 fully saturated rings. The van der Waals surface area contributed by atoms with Crippen LogP contribution in [0.3, 0.4) is 0 Å². The molecule has 0 aliphatic heterocycles. The van der Waals surface area contributed by atoms with E-state index in [1.54, 1.807) is 29.8 Å². The molecule has 1 N–H and O–H groups in total. The third-order valence-electron chi connectivity index (χ3n) is 2.48. The van der Waals surface area contributed by atoms with Gasteiger partial charge in [0.25, 0.3) is 5.56 Å². The van der Waals surface area contributed by atoms with Gasteiger partial charge in [-0.1, -0.05) is 0 Å². The van der Waals surface area contributed by atoms with Crippen LogP contribution in [0.2, 0.25) is 0 Å². The van der Waals surface area contributed by atoms with Crippen molar-refractivity contribution in [2.45, 2.75) is 13.8 Å². The first-order chi connectivity index (χ1) is 7.99. The normalized spacial score (nSPS) is 10.5. The van der Waals surface area contributed by atoms with Crippen LogP contribution in [0.1, 0.15) is 11.3 Å². The fourth-order valence-electron chi connectivity index (χ4n) is 1.72. The first-order valence-corrected chi connectivity index (χ1v) is 5.83. The summed E-state index contributed by atoms with van der Waals surface area (Å²) in [5.74, 6) is -0.0190. The monoisotopic (exact) mass is 294 g/mol. The van der Waals surface area contributed by atoms with Crippen molar-refractivity contribution >= 4 is 15.9 Å². The molecule has 2 rings (SSSR count). The van der Waals surface area contributed by atoms with Crippen molar-refractivity contribution in [1.82, 2.24) is 9.55 Å². The number of pyridine rings is 2. The minimum absolute atomic E-state index is 0.0190. The molecular formula is C12H11BrN2O2. The molecule has 0 unspecified atom stereocenters. The predicted octanol–water partition coefficient (Wildman–Crippen LogP) is 2.32. The highest BCUT2D eigenvalue weighted by atomic mass is 79.9. The number of hydrogen-bond acceptors (Lipinski definition) is 3. The number of nitrogens with zero attached hydrogens (tertiary/aromatic N) is 2. The molecule has 0 saturated carbocycles. The molecule has 17 heavy (non-hydrogen) atoms. The lowest BCUT2D eigenvalue weighted by molar-refractivity contribution is 0.472. The van der Waals surface area contributed by atoms with Gasteiger partial charge < -0.3 is 5.11 Å². The highest BCUT2D eigenvalue weighted by Crippen LogP contribution is 2.19. The molecule has 0 saturated heterocycles. The Labute approximate surface area is 107 Å². The number of aryl methyl sites for hydroxylation is 2. The van der Waals surface area contributed by atoms with Gasteiger partial charge in [0.05, 0.1) is 5.69 Å². The zero-order valence-corrected chi connectivity index (χ0v) is 11.0. The first kappa shape index (κ1) is 11.9. The van der Waals surface area contributed by atoms with Crippen LogP contribution in [0.25, 0.3) is 5.69 Å². The lowest BCUT2D eigenvalue weighted by atomic mass is 10.2. The number of aromatic hydroxyl groups is 1. The Morgan fingerprint density at radius 2 is 2.00 bits per heavy atom. The molecule has 5 heteroatoms. The Bertz CT molecular complexity index is 635. The fraction of sp³-hybridized carbons (Fsp3) is 0.167. The lowest BCUT2D eigenvalue weighted by Gasteiger charge is -2.12. The number of aromatic nitrogens is 2. The summed E-state index contributed by atoms with van der Waals surface area (Å²) >= 11 is 3.28. The van der Waals surface area contributed by atoms with E-state index in [9.17, 15) is 9.90 Å². The van der Waals surface area contributed by atoms with Crippen LogP contribution < -0.4 is 5.56 Å². The Morgan fingerprint density at radius 3 is 2.65 bits per heavy atom. The van der Waals surface area contributed by atoms with Crippen molar-refractivity contribution in [1.29, 1.82) is 0 Å². The second-order valence-corrected chi connectivity index (χ2v) is 4.63. The van der Waals surface area contributed by atoms with Crippen molar-refractivity contribution in [3.05, 3.63) is 50.6 Å². The van der Waals surface area contributed by atoms with Crippen molar-refractivity contribution in [2.24, 2.45) is 0 Å². The zero-order valence-electron chi connectivity index (χ0n) is 9.44. The molecule has 2 heterocycles. The maximum absolute atomic E-state index is 11.9. The van der Waals surface area contributed by atoms with E-state index in [-0.39, 0.29) is 11.3 Å². The van der Waals surface area contributed by atoms with Crippen molar-refractivity contribution in [3.63, 3.8) is 0 Å².